The molecule has 0 bridgehead atoms. The van der Waals surface area contributed by atoms with Crippen molar-refractivity contribution < 1.29 is 8.42 Å². The molecule has 0 aliphatic rings. The molecule has 0 aliphatic carbocycles. The third kappa shape index (κ3) is 2.86. The molecule has 0 aromatic heterocycles. The molecule has 0 unspecified atom stereocenters. The number of hydrogen-bond donors (Lipinski definition) is 3. The first-order valence-electron chi connectivity index (χ1n) is 4.96. The molecule has 0 fully saturated rings. The highest BCUT2D eigenvalue weighted by Gasteiger charge is 2.12. The number of benzene rings is 1. The van der Waals surface area contributed by atoms with E-state index in [1.54, 1.807) is 6.07 Å². The highest BCUT2D eigenvalue weighted by Crippen LogP contribution is 2.22. The average molecular weight is 243 g/mol. The molecule has 4 N–H and O–H groups in total. The summed E-state index contributed by atoms with van der Waals surface area (Å²) in [5, 5.41) is 3.13. The Balaban J connectivity index is 3.09. The Hall–Kier alpha value is -1.27. The Morgan fingerprint density at radius 2 is 1.94 bits per heavy atom. The number of nitrogens with two attached hydrogens (primary N) is 1. The maximum atomic E-state index is 11.5. The second-order valence-electron chi connectivity index (χ2n) is 3.76. The van der Waals surface area contributed by atoms with Gasteiger partial charge in [-0.1, -0.05) is 0 Å². The average Bonchev–Trinajstić information content (AvgIpc) is 2.20. The minimum Gasteiger partial charge on any atom is -0.397 e. The second kappa shape index (κ2) is 4.71. The summed E-state index contributed by atoms with van der Waals surface area (Å²) in [6, 6.07) is 4.87. The summed E-state index contributed by atoms with van der Waals surface area (Å²) in [5.74, 6) is 0. The summed E-state index contributed by atoms with van der Waals surface area (Å²) in [7, 11) is -2.06. The van der Waals surface area contributed by atoms with Gasteiger partial charge in [0.15, 0.2) is 0 Å². The van der Waals surface area contributed by atoms with Crippen LogP contribution in [0.25, 0.3) is 0 Å². The van der Waals surface area contributed by atoms with E-state index in [1.807, 2.05) is 13.8 Å². The molecular formula is C10H17N3O2S. The number of nitrogens with one attached hydrogen (secondary N) is 2. The topological polar surface area (TPSA) is 84.2 Å². The van der Waals surface area contributed by atoms with Crippen LogP contribution in [0, 0.1) is 0 Å². The van der Waals surface area contributed by atoms with Crippen LogP contribution in [0.5, 0.6) is 0 Å². The predicted octanol–water partition coefficient (Wildman–Crippen LogP) is 0.997. The van der Waals surface area contributed by atoms with Crippen LogP contribution in [0.15, 0.2) is 23.1 Å². The fourth-order valence-electron chi connectivity index (χ4n) is 1.27. The maximum Gasteiger partial charge on any atom is 0.240 e. The molecule has 6 heteroatoms. The largest absolute Gasteiger partial charge is 0.397 e. The summed E-state index contributed by atoms with van der Waals surface area (Å²) >= 11 is 0. The smallest absolute Gasteiger partial charge is 0.240 e. The summed E-state index contributed by atoms with van der Waals surface area (Å²) in [5.41, 5.74) is 6.93. The van der Waals surface area contributed by atoms with E-state index in [-0.39, 0.29) is 10.9 Å². The quantitative estimate of drug-likeness (QED) is 0.689. The lowest BCUT2D eigenvalue weighted by atomic mass is 10.2. The lowest BCUT2D eigenvalue weighted by molar-refractivity contribution is 0.588. The first kappa shape index (κ1) is 12.8. The van der Waals surface area contributed by atoms with Gasteiger partial charge in [-0.2, -0.15) is 0 Å². The monoisotopic (exact) mass is 243 g/mol. The summed E-state index contributed by atoms with van der Waals surface area (Å²) in [6.07, 6.45) is 0. The van der Waals surface area contributed by atoms with Crippen molar-refractivity contribution in [2.75, 3.05) is 18.1 Å². The standard InChI is InChI=1S/C10H17N3O2S/c1-7(2)13-10-5-4-8(6-9(10)11)16(14,15)12-3/h4-7,12-13H,11H2,1-3H3. The predicted molar refractivity (Wildman–Crippen MR) is 65.9 cm³/mol. The van der Waals surface area contributed by atoms with E-state index in [4.69, 9.17) is 5.73 Å². The van der Waals surface area contributed by atoms with Crippen LogP contribution in [0.1, 0.15) is 13.8 Å². The Bertz CT molecular complexity index is 469. The van der Waals surface area contributed by atoms with Crippen LogP contribution >= 0.6 is 0 Å². The highest BCUT2D eigenvalue weighted by molar-refractivity contribution is 7.89. The van der Waals surface area contributed by atoms with Gasteiger partial charge < -0.3 is 11.1 Å². The number of sulfonamides is 1. The molecule has 16 heavy (non-hydrogen) atoms. The van der Waals surface area contributed by atoms with Gasteiger partial charge in [0.1, 0.15) is 0 Å². The molecule has 1 rings (SSSR count). The van der Waals surface area contributed by atoms with Crippen LogP contribution in [-0.2, 0) is 10.0 Å². The molecule has 0 spiro atoms. The third-order valence-electron chi connectivity index (χ3n) is 2.05. The van der Waals surface area contributed by atoms with Crippen molar-refractivity contribution in [2.24, 2.45) is 0 Å². The van der Waals surface area contributed by atoms with Gasteiger partial charge in [-0.05, 0) is 39.1 Å². The van der Waals surface area contributed by atoms with Crippen LogP contribution in [0.4, 0.5) is 11.4 Å². The van der Waals surface area contributed by atoms with Crippen molar-refractivity contribution in [1.29, 1.82) is 0 Å². The van der Waals surface area contributed by atoms with Gasteiger partial charge in [-0.25, -0.2) is 13.1 Å². The van der Waals surface area contributed by atoms with E-state index in [2.05, 4.69) is 10.0 Å². The zero-order valence-electron chi connectivity index (χ0n) is 9.61. The summed E-state index contributed by atoms with van der Waals surface area (Å²) in [6.45, 7) is 3.97. The maximum absolute atomic E-state index is 11.5. The molecule has 0 saturated heterocycles. The molecule has 1 aromatic carbocycles. The number of anilines is 2. The third-order valence-corrected chi connectivity index (χ3v) is 3.46. The fraction of sp³-hybridized carbons (Fsp3) is 0.400. The zero-order valence-corrected chi connectivity index (χ0v) is 10.4. The molecule has 0 saturated carbocycles. The Morgan fingerprint density at radius 3 is 2.38 bits per heavy atom. The van der Waals surface area contributed by atoms with E-state index >= 15 is 0 Å². The van der Waals surface area contributed by atoms with Crippen LogP contribution in [0.3, 0.4) is 0 Å². The molecular weight excluding hydrogens is 226 g/mol. The number of rotatable bonds is 4. The van der Waals surface area contributed by atoms with Crippen LogP contribution in [-0.4, -0.2) is 21.5 Å². The van der Waals surface area contributed by atoms with Gasteiger partial charge in [0.05, 0.1) is 16.3 Å². The van der Waals surface area contributed by atoms with E-state index in [0.29, 0.717) is 5.69 Å². The van der Waals surface area contributed by atoms with Crippen LogP contribution in [0.2, 0.25) is 0 Å². The molecule has 0 heterocycles. The minimum absolute atomic E-state index is 0.168. The molecule has 0 aliphatic heterocycles. The lowest BCUT2D eigenvalue weighted by Crippen LogP contribution is -2.19. The second-order valence-corrected chi connectivity index (χ2v) is 5.64. The highest BCUT2D eigenvalue weighted by atomic mass is 32.2. The first-order chi connectivity index (χ1) is 7.36. The van der Waals surface area contributed by atoms with Crippen molar-refractivity contribution >= 4 is 21.4 Å². The lowest BCUT2D eigenvalue weighted by Gasteiger charge is -2.13. The molecule has 1 aromatic rings. The van der Waals surface area contributed by atoms with Crippen molar-refractivity contribution in [2.45, 2.75) is 24.8 Å². The Morgan fingerprint density at radius 1 is 1.31 bits per heavy atom. The van der Waals surface area contributed by atoms with Crippen molar-refractivity contribution in [3.63, 3.8) is 0 Å². The van der Waals surface area contributed by atoms with E-state index < -0.39 is 10.0 Å². The number of nitrogen functional groups attached to an aromatic ring is 1. The number of hydrogen-bond acceptors (Lipinski definition) is 4. The van der Waals surface area contributed by atoms with Gasteiger partial charge in [-0.15, -0.1) is 0 Å². The van der Waals surface area contributed by atoms with Gasteiger partial charge in [0.2, 0.25) is 10.0 Å². The van der Waals surface area contributed by atoms with Gasteiger partial charge in [-0.3, -0.25) is 0 Å². The molecule has 5 nitrogen and oxygen atoms in total. The van der Waals surface area contributed by atoms with Gasteiger partial charge >= 0.3 is 0 Å². The molecule has 0 amide bonds. The van der Waals surface area contributed by atoms with E-state index in [0.717, 1.165) is 5.69 Å². The molecule has 0 radical (unpaired) electrons. The summed E-state index contributed by atoms with van der Waals surface area (Å²) < 4.78 is 25.2. The fourth-order valence-corrected chi connectivity index (χ4v) is 2.03. The summed E-state index contributed by atoms with van der Waals surface area (Å²) in [4.78, 5) is 0.168. The van der Waals surface area contributed by atoms with Crippen LogP contribution < -0.4 is 15.8 Å². The SMILES string of the molecule is CNS(=O)(=O)c1ccc(NC(C)C)c(N)c1. The van der Waals surface area contributed by atoms with E-state index in [1.165, 1.54) is 19.2 Å². The van der Waals surface area contributed by atoms with Gasteiger partial charge in [0.25, 0.3) is 0 Å². The van der Waals surface area contributed by atoms with E-state index in [9.17, 15) is 8.42 Å². The normalized spacial score (nSPS) is 11.8. The minimum atomic E-state index is -3.42. The van der Waals surface area contributed by atoms with Crippen molar-refractivity contribution in [3.05, 3.63) is 18.2 Å². The van der Waals surface area contributed by atoms with Gasteiger partial charge in [0, 0.05) is 6.04 Å². The first-order valence-corrected chi connectivity index (χ1v) is 6.44. The van der Waals surface area contributed by atoms with Crippen molar-refractivity contribution in [1.82, 2.24) is 4.72 Å². The Kier molecular flexibility index (Phi) is 3.77. The Labute approximate surface area is 96.1 Å². The van der Waals surface area contributed by atoms with Crippen molar-refractivity contribution in [3.8, 4) is 0 Å². The molecule has 90 valence electrons. The zero-order chi connectivity index (χ0) is 12.3. The molecule has 0 atom stereocenters.